The monoisotopic (exact) mass is 330 g/mol. The summed E-state index contributed by atoms with van der Waals surface area (Å²) in [7, 11) is 0. The van der Waals surface area contributed by atoms with Gasteiger partial charge in [0.15, 0.2) is 11.5 Å². The summed E-state index contributed by atoms with van der Waals surface area (Å²) in [6, 6.07) is 3.36. The van der Waals surface area contributed by atoms with Crippen LogP contribution in [0, 0.1) is 0 Å². The van der Waals surface area contributed by atoms with E-state index in [0.717, 1.165) is 0 Å². The van der Waals surface area contributed by atoms with E-state index in [1.165, 1.54) is 0 Å². The van der Waals surface area contributed by atoms with Crippen LogP contribution in [0.1, 0.15) is 17.4 Å². The molecule has 0 unspecified atom stereocenters. The number of carbonyl (C=O) groups is 2. The zero-order chi connectivity index (χ0) is 16.9. The number of amides is 2. The van der Waals surface area contributed by atoms with Crippen LogP contribution in [0.5, 0.6) is 0 Å². The Labute approximate surface area is 138 Å². The molecule has 3 rings (SSSR count). The first-order valence-electron chi connectivity index (χ1n) is 7.72. The molecular weight excluding hydrogens is 312 g/mol. The van der Waals surface area contributed by atoms with Crippen molar-refractivity contribution in [1.82, 2.24) is 29.5 Å². The lowest BCUT2D eigenvalue weighted by Crippen LogP contribution is -2.50. The van der Waals surface area contributed by atoms with Crippen LogP contribution < -0.4 is 0 Å². The lowest BCUT2D eigenvalue weighted by Gasteiger charge is -2.33. The summed E-state index contributed by atoms with van der Waals surface area (Å²) in [6.45, 7) is 3.90. The van der Waals surface area contributed by atoms with Gasteiger partial charge in [-0.2, -0.15) is 0 Å². The Balaban J connectivity index is 1.60. The number of imidazole rings is 1. The van der Waals surface area contributed by atoms with Gasteiger partial charge in [0.1, 0.15) is 6.33 Å². The number of aromatic nitrogens is 4. The smallest absolute Gasteiger partial charge is 0.409 e. The highest BCUT2D eigenvalue weighted by Crippen LogP contribution is 2.09. The summed E-state index contributed by atoms with van der Waals surface area (Å²) in [6.07, 6.45) is 4.67. The molecule has 2 aromatic rings. The van der Waals surface area contributed by atoms with Gasteiger partial charge in [-0.15, -0.1) is 10.2 Å². The van der Waals surface area contributed by atoms with Gasteiger partial charge in [-0.25, -0.2) is 9.78 Å². The predicted molar refractivity (Wildman–Crippen MR) is 83.7 cm³/mol. The molecule has 2 amide bonds. The molecule has 9 heteroatoms. The lowest BCUT2D eigenvalue weighted by molar-refractivity contribution is 0.0565. The highest BCUT2D eigenvalue weighted by Gasteiger charge is 2.26. The van der Waals surface area contributed by atoms with Crippen LogP contribution in [0.3, 0.4) is 0 Å². The molecule has 2 aromatic heterocycles. The molecule has 1 fully saturated rings. The first-order valence-corrected chi connectivity index (χ1v) is 7.72. The Bertz CT molecular complexity index is 693. The molecule has 1 saturated heterocycles. The van der Waals surface area contributed by atoms with E-state index in [2.05, 4.69) is 15.2 Å². The van der Waals surface area contributed by atoms with Crippen LogP contribution in [0.15, 0.2) is 30.9 Å². The molecule has 3 heterocycles. The zero-order valence-electron chi connectivity index (χ0n) is 13.3. The van der Waals surface area contributed by atoms with E-state index in [4.69, 9.17) is 4.74 Å². The minimum absolute atomic E-state index is 0.191. The third kappa shape index (κ3) is 3.34. The second kappa shape index (κ2) is 7.07. The summed E-state index contributed by atoms with van der Waals surface area (Å²) in [5, 5.41) is 8.04. The van der Waals surface area contributed by atoms with Gasteiger partial charge in [-0.3, -0.25) is 9.36 Å². The highest BCUT2D eigenvalue weighted by atomic mass is 16.6. The summed E-state index contributed by atoms with van der Waals surface area (Å²) >= 11 is 0. The van der Waals surface area contributed by atoms with Crippen molar-refractivity contribution in [2.45, 2.75) is 6.92 Å². The van der Waals surface area contributed by atoms with Gasteiger partial charge in [0, 0.05) is 38.6 Å². The summed E-state index contributed by atoms with van der Waals surface area (Å²) in [4.78, 5) is 31.3. The van der Waals surface area contributed by atoms with Crippen molar-refractivity contribution in [1.29, 1.82) is 0 Å². The molecule has 24 heavy (non-hydrogen) atoms. The zero-order valence-corrected chi connectivity index (χ0v) is 13.3. The Hall–Kier alpha value is -2.97. The largest absolute Gasteiger partial charge is 0.450 e. The molecule has 0 aliphatic carbocycles. The summed E-state index contributed by atoms with van der Waals surface area (Å²) < 4.78 is 6.67. The molecule has 0 saturated carbocycles. The van der Waals surface area contributed by atoms with Gasteiger partial charge in [0.25, 0.3) is 5.91 Å². The third-order valence-corrected chi connectivity index (χ3v) is 3.73. The van der Waals surface area contributed by atoms with Gasteiger partial charge in [0.05, 0.1) is 6.61 Å². The normalized spacial score (nSPS) is 14.5. The Kier molecular flexibility index (Phi) is 4.69. The second-order valence-electron chi connectivity index (χ2n) is 5.22. The molecular formula is C15H18N6O3. The fourth-order valence-electron chi connectivity index (χ4n) is 2.44. The van der Waals surface area contributed by atoms with E-state index in [1.807, 2.05) is 0 Å². The summed E-state index contributed by atoms with van der Waals surface area (Å²) in [5.41, 5.74) is 0.281. The first kappa shape index (κ1) is 15.9. The molecule has 0 atom stereocenters. The molecule has 0 aromatic carbocycles. The van der Waals surface area contributed by atoms with Gasteiger partial charge in [0.2, 0.25) is 0 Å². The van der Waals surface area contributed by atoms with E-state index < -0.39 is 0 Å². The minimum Gasteiger partial charge on any atom is -0.450 e. The first-order chi connectivity index (χ1) is 11.7. The van der Waals surface area contributed by atoms with Crippen molar-refractivity contribution in [3.63, 3.8) is 0 Å². The maximum Gasteiger partial charge on any atom is 0.409 e. The van der Waals surface area contributed by atoms with Crippen molar-refractivity contribution in [2.24, 2.45) is 0 Å². The van der Waals surface area contributed by atoms with Crippen molar-refractivity contribution in [3.05, 3.63) is 36.5 Å². The number of nitrogens with zero attached hydrogens (tertiary/aromatic N) is 6. The number of piperazine rings is 1. The van der Waals surface area contributed by atoms with Crippen molar-refractivity contribution < 1.29 is 14.3 Å². The maximum absolute atomic E-state index is 12.5. The van der Waals surface area contributed by atoms with E-state index in [1.54, 1.807) is 52.1 Å². The molecule has 126 valence electrons. The molecule has 0 spiro atoms. The van der Waals surface area contributed by atoms with Crippen molar-refractivity contribution in [3.8, 4) is 5.82 Å². The van der Waals surface area contributed by atoms with E-state index in [0.29, 0.717) is 38.6 Å². The topological polar surface area (TPSA) is 93.5 Å². The van der Waals surface area contributed by atoms with Crippen molar-refractivity contribution in [2.75, 3.05) is 32.8 Å². The standard InChI is InChI=1S/C15H18N6O3/c1-2-24-15(23)20-9-7-19(8-10-20)14(22)12-3-4-13(18-17-12)21-6-5-16-11-21/h3-6,11H,2,7-10H2,1H3. The Morgan fingerprint density at radius 3 is 2.46 bits per heavy atom. The number of ether oxygens (including phenoxy) is 1. The van der Waals surface area contributed by atoms with Gasteiger partial charge in [-0.05, 0) is 19.1 Å². The quantitative estimate of drug-likeness (QED) is 0.817. The highest BCUT2D eigenvalue weighted by molar-refractivity contribution is 5.92. The molecule has 1 aliphatic heterocycles. The average molecular weight is 330 g/mol. The molecule has 0 bridgehead atoms. The van der Waals surface area contributed by atoms with E-state index in [-0.39, 0.29) is 17.7 Å². The minimum atomic E-state index is -0.339. The van der Waals surface area contributed by atoms with Gasteiger partial charge in [-0.1, -0.05) is 0 Å². The van der Waals surface area contributed by atoms with Crippen LogP contribution in [0.2, 0.25) is 0 Å². The van der Waals surface area contributed by atoms with E-state index >= 15 is 0 Å². The fourth-order valence-corrected chi connectivity index (χ4v) is 2.44. The predicted octanol–water partition coefficient (Wildman–Crippen LogP) is 0.577. The number of rotatable bonds is 3. The van der Waals surface area contributed by atoms with Gasteiger partial charge < -0.3 is 14.5 Å². The summed E-state index contributed by atoms with van der Waals surface area (Å²) in [5.74, 6) is 0.402. The van der Waals surface area contributed by atoms with E-state index in [9.17, 15) is 9.59 Å². The molecule has 9 nitrogen and oxygen atoms in total. The second-order valence-corrected chi connectivity index (χ2v) is 5.22. The van der Waals surface area contributed by atoms with Gasteiger partial charge >= 0.3 is 6.09 Å². The molecule has 0 radical (unpaired) electrons. The Morgan fingerprint density at radius 1 is 1.12 bits per heavy atom. The van der Waals surface area contributed by atoms with Crippen molar-refractivity contribution >= 4 is 12.0 Å². The number of hydrogen-bond acceptors (Lipinski definition) is 6. The van der Waals surface area contributed by atoms with Crippen LogP contribution in [0.25, 0.3) is 5.82 Å². The average Bonchev–Trinajstić information content (AvgIpc) is 3.16. The maximum atomic E-state index is 12.5. The number of carbonyl (C=O) groups excluding carboxylic acids is 2. The molecule has 0 N–H and O–H groups in total. The van der Waals surface area contributed by atoms with Crippen LogP contribution in [-0.2, 0) is 4.74 Å². The number of hydrogen-bond donors (Lipinski definition) is 0. The molecule has 1 aliphatic rings. The Morgan fingerprint density at radius 2 is 1.88 bits per heavy atom. The van der Waals surface area contributed by atoms with Crippen LogP contribution in [-0.4, -0.2) is 74.3 Å². The lowest BCUT2D eigenvalue weighted by atomic mass is 10.2. The van der Waals surface area contributed by atoms with Crippen LogP contribution in [0.4, 0.5) is 4.79 Å². The fraction of sp³-hybridized carbons (Fsp3) is 0.400. The third-order valence-electron chi connectivity index (χ3n) is 3.73. The SMILES string of the molecule is CCOC(=O)N1CCN(C(=O)c2ccc(-n3ccnc3)nn2)CC1. The van der Waals surface area contributed by atoms with Crippen LogP contribution >= 0.6 is 0 Å².